The van der Waals surface area contributed by atoms with E-state index in [1.54, 1.807) is 0 Å². The first-order chi connectivity index (χ1) is 12.5. The zero-order valence-corrected chi connectivity index (χ0v) is 15.3. The number of hydrogen-bond acceptors (Lipinski definition) is 4. The van der Waals surface area contributed by atoms with Crippen LogP contribution in [0.5, 0.6) is 5.75 Å². The summed E-state index contributed by atoms with van der Waals surface area (Å²) in [5.74, 6) is -3.58. The molecule has 0 saturated carbocycles. The molecule has 0 amide bonds. The molecule has 1 aromatic carbocycles. The molecule has 0 saturated heterocycles. The minimum atomic E-state index is -1.44. The molecule has 0 aromatic heterocycles. The average molecular weight is 364 g/mol. The van der Waals surface area contributed by atoms with Crippen molar-refractivity contribution in [1.29, 1.82) is 0 Å². The third-order valence-corrected chi connectivity index (χ3v) is 4.18. The van der Waals surface area contributed by atoms with E-state index >= 15 is 0 Å². The second-order valence-electron chi connectivity index (χ2n) is 6.34. The van der Waals surface area contributed by atoms with Crippen LogP contribution in [0.2, 0.25) is 0 Å². The molecule has 144 valence electrons. The van der Waals surface area contributed by atoms with Gasteiger partial charge in [-0.15, -0.1) is 0 Å². The Kier molecular flexibility index (Phi) is 10.1. The lowest BCUT2D eigenvalue weighted by Crippen LogP contribution is -2.14. The van der Waals surface area contributed by atoms with Crippen molar-refractivity contribution < 1.29 is 29.3 Å². The summed E-state index contributed by atoms with van der Waals surface area (Å²) in [6.45, 7) is 2.19. The summed E-state index contributed by atoms with van der Waals surface area (Å²) in [6.07, 6.45) is 10.3. The van der Waals surface area contributed by atoms with E-state index in [2.05, 4.69) is 6.92 Å². The SMILES string of the molecule is CCCCCCCCCCCC(=O)Oc1cccc(C(=O)O)c1C(=O)O. The Bertz CT molecular complexity index is 608. The van der Waals surface area contributed by atoms with Gasteiger partial charge in [-0.2, -0.15) is 0 Å². The van der Waals surface area contributed by atoms with Crippen LogP contribution in [0.25, 0.3) is 0 Å². The van der Waals surface area contributed by atoms with Gasteiger partial charge in [0.1, 0.15) is 11.3 Å². The first-order valence-electron chi connectivity index (χ1n) is 9.27. The van der Waals surface area contributed by atoms with E-state index in [-0.39, 0.29) is 12.2 Å². The number of aromatic carboxylic acids is 2. The second-order valence-corrected chi connectivity index (χ2v) is 6.34. The summed E-state index contributed by atoms with van der Waals surface area (Å²) in [4.78, 5) is 34.3. The van der Waals surface area contributed by atoms with Crippen molar-refractivity contribution in [3.8, 4) is 5.75 Å². The minimum Gasteiger partial charge on any atom is -0.478 e. The molecule has 0 atom stereocenters. The largest absolute Gasteiger partial charge is 0.478 e. The van der Waals surface area contributed by atoms with Gasteiger partial charge in [-0.05, 0) is 18.6 Å². The molecule has 1 rings (SSSR count). The molecule has 6 nitrogen and oxygen atoms in total. The van der Waals surface area contributed by atoms with Gasteiger partial charge in [-0.25, -0.2) is 9.59 Å². The van der Waals surface area contributed by atoms with Crippen LogP contribution in [0, 0.1) is 0 Å². The maximum atomic E-state index is 11.9. The Hall–Kier alpha value is -2.37. The predicted octanol–water partition coefficient (Wildman–Crippen LogP) is 4.91. The molecular weight excluding hydrogens is 336 g/mol. The van der Waals surface area contributed by atoms with Gasteiger partial charge in [0, 0.05) is 6.42 Å². The Morgan fingerprint density at radius 2 is 1.42 bits per heavy atom. The van der Waals surface area contributed by atoms with E-state index in [4.69, 9.17) is 9.84 Å². The van der Waals surface area contributed by atoms with Crippen molar-refractivity contribution in [3.63, 3.8) is 0 Å². The molecule has 26 heavy (non-hydrogen) atoms. The van der Waals surface area contributed by atoms with Crippen LogP contribution >= 0.6 is 0 Å². The van der Waals surface area contributed by atoms with Crippen LogP contribution in [-0.4, -0.2) is 28.1 Å². The number of carboxylic acids is 2. The van der Waals surface area contributed by atoms with Gasteiger partial charge >= 0.3 is 17.9 Å². The van der Waals surface area contributed by atoms with Crippen molar-refractivity contribution in [3.05, 3.63) is 29.3 Å². The molecule has 0 spiro atoms. The number of hydrogen-bond donors (Lipinski definition) is 2. The zero-order chi connectivity index (χ0) is 19.4. The maximum absolute atomic E-state index is 11.9. The van der Waals surface area contributed by atoms with E-state index in [1.165, 1.54) is 50.3 Å². The lowest BCUT2D eigenvalue weighted by atomic mass is 10.1. The van der Waals surface area contributed by atoms with Crippen LogP contribution in [0.15, 0.2) is 18.2 Å². The molecule has 0 fully saturated rings. The number of carboxylic acid groups (broad SMARTS) is 2. The molecule has 0 unspecified atom stereocenters. The molecule has 0 aliphatic rings. The average Bonchev–Trinajstić information content (AvgIpc) is 2.59. The van der Waals surface area contributed by atoms with Gasteiger partial charge in [0.15, 0.2) is 0 Å². The summed E-state index contributed by atoms with van der Waals surface area (Å²) < 4.78 is 5.09. The van der Waals surface area contributed by atoms with E-state index in [0.717, 1.165) is 19.3 Å². The van der Waals surface area contributed by atoms with Crippen molar-refractivity contribution in [2.45, 2.75) is 71.1 Å². The Balaban J connectivity index is 2.39. The predicted molar refractivity (Wildman–Crippen MR) is 97.8 cm³/mol. The highest BCUT2D eigenvalue weighted by Gasteiger charge is 2.22. The van der Waals surface area contributed by atoms with Gasteiger partial charge in [-0.1, -0.05) is 64.4 Å². The Labute approximate surface area is 154 Å². The van der Waals surface area contributed by atoms with Crippen LogP contribution < -0.4 is 4.74 Å². The van der Waals surface area contributed by atoms with Crippen LogP contribution in [0.3, 0.4) is 0 Å². The first-order valence-corrected chi connectivity index (χ1v) is 9.27. The van der Waals surface area contributed by atoms with Crippen molar-refractivity contribution in [1.82, 2.24) is 0 Å². The molecule has 0 bridgehead atoms. The number of esters is 1. The lowest BCUT2D eigenvalue weighted by Gasteiger charge is -2.09. The normalized spacial score (nSPS) is 10.5. The molecule has 0 heterocycles. The third-order valence-electron chi connectivity index (χ3n) is 4.18. The van der Waals surface area contributed by atoms with Gasteiger partial charge in [0.05, 0.1) is 5.56 Å². The molecular formula is C20H28O6. The topological polar surface area (TPSA) is 101 Å². The molecule has 1 aromatic rings. The summed E-state index contributed by atoms with van der Waals surface area (Å²) in [5, 5.41) is 18.3. The van der Waals surface area contributed by atoms with Crippen molar-refractivity contribution in [2.75, 3.05) is 0 Å². The monoisotopic (exact) mass is 364 g/mol. The highest BCUT2D eigenvalue weighted by Crippen LogP contribution is 2.23. The summed E-state index contributed by atoms with van der Waals surface area (Å²) >= 11 is 0. The molecule has 0 aliphatic heterocycles. The fourth-order valence-electron chi connectivity index (χ4n) is 2.77. The fraction of sp³-hybridized carbons (Fsp3) is 0.550. The number of unbranched alkanes of at least 4 members (excludes halogenated alkanes) is 8. The van der Waals surface area contributed by atoms with E-state index in [0.29, 0.717) is 6.42 Å². The highest BCUT2D eigenvalue weighted by molar-refractivity contribution is 6.04. The van der Waals surface area contributed by atoms with Crippen LogP contribution in [0.4, 0.5) is 0 Å². The Morgan fingerprint density at radius 3 is 1.96 bits per heavy atom. The third kappa shape index (κ3) is 7.68. The number of carbonyl (C=O) groups excluding carboxylic acids is 1. The molecule has 0 aliphatic carbocycles. The number of carbonyl (C=O) groups is 3. The smallest absolute Gasteiger partial charge is 0.340 e. The zero-order valence-electron chi connectivity index (χ0n) is 15.3. The van der Waals surface area contributed by atoms with Gasteiger partial charge in [0.25, 0.3) is 0 Å². The Morgan fingerprint density at radius 1 is 0.846 bits per heavy atom. The van der Waals surface area contributed by atoms with Crippen LogP contribution in [-0.2, 0) is 4.79 Å². The second kappa shape index (κ2) is 12.1. The highest BCUT2D eigenvalue weighted by atomic mass is 16.5. The number of rotatable bonds is 13. The lowest BCUT2D eigenvalue weighted by molar-refractivity contribution is -0.134. The molecule has 2 N–H and O–H groups in total. The molecule has 0 radical (unpaired) electrons. The van der Waals surface area contributed by atoms with E-state index in [1.807, 2.05) is 0 Å². The summed E-state index contributed by atoms with van der Waals surface area (Å²) in [5.41, 5.74) is -0.897. The van der Waals surface area contributed by atoms with Crippen molar-refractivity contribution in [2.24, 2.45) is 0 Å². The standard InChI is InChI=1S/C20H28O6/c1-2-3-4-5-6-7-8-9-10-14-17(21)26-16-13-11-12-15(19(22)23)18(16)20(24)25/h11-13H,2-10,14H2,1H3,(H,22,23)(H,24,25). The van der Waals surface area contributed by atoms with Crippen LogP contribution in [0.1, 0.15) is 91.8 Å². The van der Waals surface area contributed by atoms with Gasteiger partial charge in [-0.3, -0.25) is 4.79 Å². The van der Waals surface area contributed by atoms with E-state index in [9.17, 15) is 19.5 Å². The number of ether oxygens (including phenoxy) is 1. The molecule has 6 heteroatoms. The first kappa shape index (κ1) is 21.7. The quantitative estimate of drug-likeness (QED) is 0.293. The maximum Gasteiger partial charge on any atom is 0.340 e. The van der Waals surface area contributed by atoms with Gasteiger partial charge < -0.3 is 14.9 Å². The van der Waals surface area contributed by atoms with Crippen molar-refractivity contribution >= 4 is 17.9 Å². The van der Waals surface area contributed by atoms with E-state index < -0.39 is 29.0 Å². The number of benzene rings is 1. The fourth-order valence-corrected chi connectivity index (χ4v) is 2.77. The summed E-state index contributed by atoms with van der Waals surface area (Å²) in [6, 6.07) is 3.82. The summed E-state index contributed by atoms with van der Waals surface area (Å²) in [7, 11) is 0. The van der Waals surface area contributed by atoms with Gasteiger partial charge in [0.2, 0.25) is 0 Å². The minimum absolute atomic E-state index is 0.187.